The fourth-order valence-corrected chi connectivity index (χ4v) is 1.25. The zero-order valence-electron chi connectivity index (χ0n) is 6.29. The molecule has 0 N–H and O–H groups in total. The second-order valence-electron chi connectivity index (χ2n) is 2.56. The van der Waals surface area contributed by atoms with E-state index in [2.05, 4.69) is 4.98 Å². The van der Waals surface area contributed by atoms with Gasteiger partial charge in [0.15, 0.2) is 0 Å². The van der Waals surface area contributed by atoms with Crippen LogP contribution in [0.4, 0.5) is 0 Å². The lowest BCUT2D eigenvalue weighted by Gasteiger charge is -2.00. The molecule has 0 atom stereocenters. The predicted molar refractivity (Wildman–Crippen MR) is 52.1 cm³/mol. The Morgan fingerprint density at radius 3 is 2.83 bits per heavy atom. The molecule has 0 amide bonds. The van der Waals surface area contributed by atoms with Crippen LogP contribution < -0.4 is 5.46 Å². The van der Waals surface area contributed by atoms with Gasteiger partial charge in [-0.3, -0.25) is 0 Å². The topological polar surface area (TPSA) is 12.9 Å². The van der Waals surface area contributed by atoms with Crippen molar-refractivity contribution in [1.29, 1.82) is 0 Å². The van der Waals surface area contributed by atoms with E-state index < -0.39 is 0 Å². The van der Waals surface area contributed by atoms with Crippen molar-refractivity contribution >= 4 is 35.8 Å². The third kappa shape index (κ3) is 1.19. The van der Waals surface area contributed by atoms with Crippen molar-refractivity contribution in [2.75, 3.05) is 0 Å². The molecule has 0 aliphatic rings. The Kier molecular flexibility index (Phi) is 1.78. The van der Waals surface area contributed by atoms with Crippen molar-refractivity contribution in [2.45, 2.75) is 0 Å². The van der Waals surface area contributed by atoms with Crippen LogP contribution in [0.5, 0.6) is 0 Å². The minimum absolute atomic E-state index is 0.369. The molecule has 0 aliphatic carbocycles. The Labute approximate surface area is 76.8 Å². The number of rotatable bonds is 0. The van der Waals surface area contributed by atoms with Crippen LogP contribution in [0.2, 0.25) is 5.15 Å². The molecular weight excluding hydrogens is 168 g/mol. The molecule has 12 heavy (non-hydrogen) atoms. The summed E-state index contributed by atoms with van der Waals surface area (Å²) in [5, 5.41) is 1.38. The summed E-state index contributed by atoms with van der Waals surface area (Å²) in [5.74, 6) is 0. The summed E-state index contributed by atoms with van der Waals surface area (Å²) in [6.45, 7) is 0. The smallest absolute Gasteiger partial charge is 0.122 e. The quantitative estimate of drug-likeness (QED) is 0.436. The summed E-state index contributed by atoms with van der Waals surface area (Å²) in [6.07, 6.45) is 0. The van der Waals surface area contributed by atoms with Crippen molar-refractivity contribution in [3.63, 3.8) is 0 Å². The molecule has 2 rings (SSSR count). The highest BCUT2D eigenvalue weighted by Crippen LogP contribution is 2.11. The summed E-state index contributed by atoms with van der Waals surface area (Å²) in [5.41, 5.74) is 1.40. The molecular formula is C9H5BClN. The molecule has 1 heterocycles. The van der Waals surface area contributed by atoms with Crippen molar-refractivity contribution in [2.24, 2.45) is 0 Å². The van der Waals surface area contributed by atoms with Crippen LogP contribution in [0, 0.1) is 0 Å². The van der Waals surface area contributed by atoms with Gasteiger partial charge in [0.1, 0.15) is 13.0 Å². The molecule has 0 spiro atoms. The average Bonchev–Trinajstić information content (AvgIpc) is 2.07. The standard InChI is InChI=1S/C9H5BClN/c10-7-5-6-3-1-2-4-8(6)12-9(7)11/h1-5H. The van der Waals surface area contributed by atoms with Gasteiger partial charge in [-0.1, -0.05) is 41.3 Å². The van der Waals surface area contributed by atoms with Gasteiger partial charge in [-0.05, 0) is 11.5 Å². The van der Waals surface area contributed by atoms with E-state index in [0.29, 0.717) is 10.6 Å². The SMILES string of the molecule is [B]c1cc2ccccc2nc1Cl. The lowest BCUT2D eigenvalue weighted by atomic mass is 9.97. The van der Waals surface area contributed by atoms with Gasteiger partial charge in [0.2, 0.25) is 0 Å². The number of para-hydroxylation sites is 1. The Morgan fingerprint density at radius 1 is 1.25 bits per heavy atom. The fraction of sp³-hybridized carbons (Fsp3) is 0. The summed E-state index contributed by atoms with van der Waals surface area (Å²) in [7, 11) is 5.59. The van der Waals surface area contributed by atoms with E-state index in [1.807, 2.05) is 30.3 Å². The molecule has 56 valence electrons. The van der Waals surface area contributed by atoms with Crippen LogP contribution in [0.25, 0.3) is 10.9 Å². The molecule has 1 nitrogen and oxygen atoms in total. The van der Waals surface area contributed by atoms with Gasteiger partial charge in [-0.2, -0.15) is 0 Å². The van der Waals surface area contributed by atoms with Gasteiger partial charge in [-0.15, -0.1) is 0 Å². The van der Waals surface area contributed by atoms with E-state index >= 15 is 0 Å². The summed E-state index contributed by atoms with van der Waals surface area (Å²) in [6, 6.07) is 9.54. The first-order valence-electron chi connectivity index (χ1n) is 3.58. The zero-order valence-corrected chi connectivity index (χ0v) is 7.05. The van der Waals surface area contributed by atoms with E-state index in [4.69, 9.17) is 19.4 Å². The maximum atomic E-state index is 5.75. The highest BCUT2D eigenvalue weighted by atomic mass is 35.5. The first-order chi connectivity index (χ1) is 5.77. The number of pyridine rings is 1. The highest BCUT2D eigenvalue weighted by Gasteiger charge is 1.98. The average molecular weight is 173 g/mol. The van der Waals surface area contributed by atoms with Crippen molar-refractivity contribution in [3.8, 4) is 0 Å². The lowest BCUT2D eigenvalue weighted by Crippen LogP contribution is -2.05. The minimum atomic E-state index is 0.369. The van der Waals surface area contributed by atoms with Gasteiger partial charge in [0.05, 0.1) is 5.52 Å². The molecule has 2 radical (unpaired) electrons. The number of halogens is 1. The molecule has 2 aromatic rings. The first kappa shape index (κ1) is 7.62. The Morgan fingerprint density at radius 2 is 2.00 bits per heavy atom. The largest absolute Gasteiger partial charge is 0.237 e. The maximum absolute atomic E-state index is 5.75. The van der Waals surface area contributed by atoms with Crippen LogP contribution in [-0.4, -0.2) is 12.8 Å². The summed E-state index contributed by atoms with van der Waals surface area (Å²) >= 11 is 5.75. The predicted octanol–water partition coefficient (Wildman–Crippen LogP) is 1.68. The highest BCUT2D eigenvalue weighted by molar-refractivity contribution is 6.44. The summed E-state index contributed by atoms with van der Waals surface area (Å²) < 4.78 is 0. The van der Waals surface area contributed by atoms with Gasteiger partial charge in [0, 0.05) is 0 Å². The Balaban J connectivity index is 2.84. The van der Waals surface area contributed by atoms with Crippen molar-refractivity contribution in [1.82, 2.24) is 4.98 Å². The molecule has 3 heteroatoms. The van der Waals surface area contributed by atoms with E-state index in [1.165, 1.54) is 0 Å². The Hall–Kier alpha value is -1.02. The van der Waals surface area contributed by atoms with E-state index in [1.54, 1.807) is 0 Å². The number of hydrogen-bond acceptors (Lipinski definition) is 1. The maximum Gasteiger partial charge on any atom is 0.122 e. The lowest BCUT2D eigenvalue weighted by molar-refractivity contribution is 1.43. The Bertz CT molecular complexity index is 387. The minimum Gasteiger partial charge on any atom is -0.237 e. The molecule has 1 aromatic heterocycles. The molecule has 0 fully saturated rings. The van der Waals surface area contributed by atoms with Crippen LogP contribution >= 0.6 is 11.6 Å². The second kappa shape index (κ2) is 2.79. The second-order valence-corrected chi connectivity index (χ2v) is 2.92. The number of benzene rings is 1. The molecule has 0 saturated heterocycles. The molecule has 0 bridgehead atoms. The van der Waals surface area contributed by atoms with Gasteiger partial charge < -0.3 is 0 Å². The molecule has 1 aromatic carbocycles. The van der Waals surface area contributed by atoms with Crippen LogP contribution in [0.15, 0.2) is 30.3 Å². The zero-order chi connectivity index (χ0) is 8.55. The first-order valence-corrected chi connectivity index (χ1v) is 3.96. The van der Waals surface area contributed by atoms with Crippen LogP contribution in [-0.2, 0) is 0 Å². The van der Waals surface area contributed by atoms with Gasteiger partial charge in [-0.25, -0.2) is 4.98 Å². The van der Waals surface area contributed by atoms with Crippen LogP contribution in [0.3, 0.4) is 0 Å². The molecule has 0 saturated carbocycles. The monoisotopic (exact) mass is 173 g/mol. The summed E-state index contributed by atoms with van der Waals surface area (Å²) in [4.78, 5) is 4.12. The molecule has 0 aliphatic heterocycles. The van der Waals surface area contributed by atoms with E-state index in [9.17, 15) is 0 Å². The van der Waals surface area contributed by atoms with Gasteiger partial charge >= 0.3 is 0 Å². The third-order valence-corrected chi connectivity index (χ3v) is 2.01. The number of hydrogen-bond donors (Lipinski definition) is 0. The van der Waals surface area contributed by atoms with E-state index in [0.717, 1.165) is 10.9 Å². The van der Waals surface area contributed by atoms with Crippen molar-refractivity contribution < 1.29 is 0 Å². The third-order valence-electron chi connectivity index (χ3n) is 1.70. The van der Waals surface area contributed by atoms with Gasteiger partial charge in [0.25, 0.3) is 0 Å². The van der Waals surface area contributed by atoms with E-state index in [-0.39, 0.29) is 0 Å². The molecule has 0 unspecified atom stereocenters. The van der Waals surface area contributed by atoms with Crippen LogP contribution in [0.1, 0.15) is 0 Å². The number of aromatic nitrogens is 1. The number of nitrogens with zero attached hydrogens (tertiary/aromatic N) is 1. The van der Waals surface area contributed by atoms with Crippen molar-refractivity contribution in [3.05, 3.63) is 35.5 Å². The fourth-order valence-electron chi connectivity index (χ4n) is 1.11. The number of fused-ring (bicyclic) bond motifs is 1. The normalized spacial score (nSPS) is 10.4.